The molecule has 0 saturated carbocycles. The molecule has 1 heterocycles. The minimum atomic E-state index is -0.712. The van der Waals surface area contributed by atoms with Gasteiger partial charge in [-0.2, -0.15) is 16.9 Å². The third-order valence-corrected chi connectivity index (χ3v) is 2.78. The Hall–Kier alpha value is -1.77. The maximum Gasteiger partial charge on any atom is 0.312 e. The molecule has 0 saturated heterocycles. The summed E-state index contributed by atoms with van der Waals surface area (Å²) in [6.07, 6.45) is 3.80. The number of H-pyrrole nitrogens is 1. The first-order valence-electron chi connectivity index (χ1n) is 5.30. The highest BCUT2D eigenvalue weighted by molar-refractivity contribution is 7.98. The van der Waals surface area contributed by atoms with E-state index in [1.165, 1.54) is 6.33 Å². The smallest absolute Gasteiger partial charge is 0.312 e. The van der Waals surface area contributed by atoms with Gasteiger partial charge in [0.05, 0.1) is 6.54 Å². The Balaban J connectivity index is 2.44. The Labute approximate surface area is 108 Å². The highest BCUT2D eigenvalue weighted by atomic mass is 32.2. The van der Waals surface area contributed by atoms with Gasteiger partial charge in [0.25, 0.3) is 0 Å². The molecule has 0 radical (unpaired) electrons. The summed E-state index contributed by atoms with van der Waals surface area (Å²) < 4.78 is 0. The van der Waals surface area contributed by atoms with E-state index in [0.717, 1.165) is 5.75 Å². The summed E-state index contributed by atoms with van der Waals surface area (Å²) in [4.78, 5) is 26.5. The van der Waals surface area contributed by atoms with Crippen molar-refractivity contribution in [2.75, 3.05) is 12.0 Å². The lowest BCUT2D eigenvalue weighted by atomic mass is 10.2. The molecule has 8 nitrogen and oxygen atoms in total. The molecule has 1 aromatic heterocycles. The standard InChI is InChI=1S/C9H16N6O2S/c1-18-3-2-6(14-9(10)17)8(16)11-4-7-12-5-13-15-7/h5-6H,2-4H2,1H3,(H,11,16)(H3,10,14,17)(H,12,13,15). The molecule has 9 heteroatoms. The molecule has 1 atom stereocenters. The molecule has 18 heavy (non-hydrogen) atoms. The van der Waals surface area contributed by atoms with E-state index in [1.807, 2.05) is 6.26 Å². The molecule has 0 bridgehead atoms. The Bertz CT molecular complexity index is 382. The van der Waals surface area contributed by atoms with E-state index >= 15 is 0 Å². The molecule has 0 aliphatic heterocycles. The molecule has 0 fully saturated rings. The van der Waals surface area contributed by atoms with Crippen LogP contribution >= 0.6 is 11.8 Å². The van der Waals surface area contributed by atoms with Gasteiger partial charge in [-0.1, -0.05) is 0 Å². The molecule has 1 rings (SSSR count). The fraction of sp³-hybridized carbons (Fsp3) is 0.556. The van der Waals surface area contributed by atoms with Crippen LogP contribution in [0.4, 0.5) is 4.79 Å². The van der Waals surface area contributed by atoms with Crippen LogP contribution in [0, 0.1) is 0 Å². The lowest BCUT2D eigenvalue weighted by Crippen LogP contribution is -2.48. The molecule has 3 amide bonds. The van der Waals surface area contributed by atoms with E-state index in [0.29, 0.717) is 12.2 Å². The average Bonchev–Trinajstić information content (AvgIpc) is 2.84. The van der Waals surface area contributed by atoms with Crippen molar-refractivity contribution >= 4 is 23.7 Å². The van der Waals surface area contributed by atoms with E-state index in [2.05, 4.69) is 25.8 Å². The number of nitrogens with one attached hydrogen (secondary N) is 3. The van der Waals surface area contributed by atoms with Gasteiger partial charge in [-0.05, 0) is 18.4 Å². The minimum absolute atomic E-state index is 0.231. The molecule has 0 aliphatic carbocycles. The normalized spacial score (nSPS) is 11.8. The summed E-state index contributed by atoms with van der Waals surface area (Å²) >= 11 is 1.59. The Morgan fingerprint density at radius 1 is 1.61 bits per heavy atom. The van der Waals surface area contributed by atoms with E-state index in [1.54, 1.807) is 11.8 Å². The van der Waals surface area contributed by atoms with Gasteiger partial charge in [-0.3, -0.25) is 9.89 Å². The second-order valence-corrected chi connectivity index (χ2v) is 4.48. The maximum atomic E-state index is 11.8. The van der Waals surface area contributed by atoms with Crippen molar-refractivity contribution in [2.24, 2.45) is 5.73 Å². The second-order valence-electron chi connectivity index (χ2n) is 3.49. The van der Waals surface area contributed by atoms with Crippen LogP contribution in [0.3, 0.4) is 0 Å². The fourth-order valence-electron chi connectivity index (χ4n) is 1.29. The number of carbonyl (C=O) groups excluding carboxylic acids is 2. The molecule has 1 unspecified atom stereocenters. The van der Waals surface area contributed by atoms with E-state index in [-0.39, 0.29) is 12.5 Å². The number of primary amides is 1. The third-order valence-electron chi connectivity index (χ3n) is 2.14. The number of urea groups is 1. The molecule has 0 aliphatic rings. The quantitative estimate of drug-likeness (QED) is 0.517. The highest BCUT2D eigenvalue weighted by Crippen LogP contribution is 2.01. The molecule has 100 valence electrons. The number of aromatic nitrogens is 3. The number of nitrogens with zero attached hydrogens (tertiary/aromatic N) is 2. The van der Waals surface area contributed by atoms with E-state index < -0.39 is 12.1 Å². The molecule has 1 aromatic rings. The SMILES string of the molecule is CSCCC(NC(N)=O)C(=O)NCc1ncn[nH]1. The van der Waals surface area contributed by atoms with Crippen molar-refractivity contribution in [2.45, 2.75) is 19.0 Å². The highest BCUT2D eigenvalue weighted by Gasteiger charge is 2.19. The lowest BCUT2D eigenvalue weighted by molar-refractivity contribution is -0.123. The number of nitrogens with two attached hydrogens (primary N) is 1. The van der Waals surface area contributed by atoms with E-state index in [4.69, 9.17) is 5.73 Å². The lowest BCUT2D eigenvalue weighted by Gasteiger charge is -2.16. The van der Waals surface area contributed by atoms with Crippen molar-refractivity contribution in [3.8, 4) is 0 Å². The van der Waals surface area contributed by atoms with Crippen molar-refractivity contribution in [1.82, 2.24) is 25.8 Å². The number of aromatic amines is 1. The van der Waals surface area contributed by atoms with Gasteiger partial charge >= 0.3 is 6.03 Å². The predicted molar refractivity (Wildman–Crippen MR) is 67.7 cm³/mol. The molecular formula is C9H16N6O2S. The Morgan fingerprint density at radius 3 is 2.94 bits per heavy atom. The summed E-state index contributed by atoms with van der Waals surface area (Å²) in [7, 11) is 0. The van der Waals surface area contributed by atoms with E-state index in [9.17, 15) is 9.59 Å². The number of amides is 3. The summed E-state index contributed by atoms with van der Waals surface area (Å²) in [5.74, 6) is 1.01. The number of rotatable bonds is 7. The molecular weight excluding hydrogens is 256 g/mol. The second kappa shape index (κ2) is 7.54. The fourth-order valence-corrected chi connectivity index (χ4v) is 1.76. The van der Waals surface area contributed by atoms with Gasteiger partial charge in [0.15, 0.2) is 0 Å². The average molecular weight is 272 g/mol. The molecule has 0 aromatic carbocycles. The minimum Gasteiger partial charge on any atom is -0.352 e. The van der Waals surface area contributed by atoms with Crippen LogP contribution in [0.2, 0.25) is 0 Å². The van der Waals surface area contributed by atoms with Crippen LogP contribution < -0.4 is 16.4 Å². The van der Waals surface area contributed by atoms with Crippen molar-refractivity contribution < 1.29 is 9.59 Å². The predicted octanol–water partition coefficient (Wildman–Crippen LogP) is -0.789. The zero-order valence-corrected chi connectivity index (χ0v) is 10.8. The van der Waals surface area contributed by atoms with Crippen molar-refractivity contribution in [1.29, 1.82) is 0 Å². The van der Waals surface area contributed by atoms with Crippen LogP contribution in [-0.2, 0) is 11.3 Å². The van der Waals surface area contributed by atoms with Crippen LogP contribution in [0.25, 0.3) is 0 Å². The summed E-state index contributed by atoms with van der Waals surface area (Å²) in [5.41, 5.74) is 5.03. The Morgan fingerprint density at radius 2 is 2.39 bits per heavy atom. The van der Waals surface area contributed by atoms with Gasteiger partial charge in [0.2, 0.25) is 5.91 Å². The van der Waals surface area contributed by atoms with Crippen molar-refractivity contribution in [3.05, 3.63) is 12.2 Å². The topological polar surface area (TPSA) is 126 Å². The van der Waals surface area contributed by atoms with Gasteiger partial charge in [0.1, 0.15) is 18.2 Å². The zero-order chi connectivity index (χ0) is 13.4. The molecule has 5 N–H and O–H groups in total. The van der Waals surface area contributed by atoms with Crippen molar-refractivity contribution in [3.63, 3.8) is 0 Å². The summed E-state index contributed by atoms with van der Waals surface area (Å²) in [6.45, 7) is 0.231. The first-order chi connectivity index (χ1) is 8.63. The zero-order valence-electron chi connectivity index (χ0n) is 9.97. The monoisotopic (exact) mass is 272 g/mol. The van der Waals surface area contributed by atoms with Gasteiger partial charge in [-0.15, -0.1) is 0 Å². The first kappa shape index (κ1) is 14.3. The number of hydrogen-bond acceptors (Lipinski definition) is 5. The number of thioether (sulfide) groups is 1. The van der Waals surface area contributed by atoms with Crippen LogP contribution in [-0.4, -0.2) is 45.2 Å². The Kier molecular flexibility index (Phi) is 5.98. The van der Waals surface area contributed by atoms with Gasteiger partial charge in [-0.25, -0.2) is 9.78 Å². The molecule has 0 spiro atoms. The maximum absolute atomic E-state index is 11.8. The first-order valence-corrected chi connectivity index (χ1v) is 6.69. The third kappa shape index (κ3) is 5.04. The van der Waals surface area contributed by atoms with Gasteiger partial charge in [0, 0.05) is 0 Å². The summed E-state index contributed by atoms with van der Waals surface area (Å²) in [5, 5.41) is 11.3. The largest absolute Gasteiger partial charge is 0.352 e. The van der Waals surface area contributed by atoms with Crippen LogP contribution in [0.1, 0.15) is 12.2 Å². The van der Waals surface area contributed by atoms with Gasteiger partial charge < -0.3 is 16.4 Å². The van der Waals surface area contributed by atoms with Crippen LogP contribution in [0.15, 0.2) is 6.33 Å². The number of hydrogen-bond donors (Lipinski definition) is 4. The number of carbonyl (C=O) groups is 2. The van der Waals surface area contributed by atoms with Crippen LogP contribution in [0.5, 0.6) is 0 Å². The summed E-state index contributed by atoms with van der Waals surface area (Å²) in [6, 6.07) is -1.34.